The number of carbonyl (C=O) groups excluding carboxylic acids is 3. The van der Waals surface area contributed by atoms with Gasteiger partial charge in [-0.05, 0) is 47.5 Å². The third-order valence-electron chi connectivity index (χ3n) is 6.97. The highest BCUT2D eigenvalue weighted by atomic mass is 16.6. The highest BCUT2D eigenvalue weighted by molar-refractivity contribution is 5.88. The molecule has 0 saturated heterocycles. The zero-order valence-corrected chi connectivity index (χ0v) is 27.5. The highest BCUT2D eigenvalue weighted by Crippen LogP contribution is 2.34. The van der Waals surface area contributed by atoms with Crippen LogP contribution in [-0.4, -0.2) is 74.4 Å². The Morgan fingerprint density at radius 1 is 0.694 bits per heavy atom. The maximum atomic E-state index is 12.8. The lowest BCUT2D eigenvalue weighted by Gasteiger charge is -2.37. The van der Waals surface area contributed by atoms with E-state index in [0.717, 1.165) is 7.11 Å². The Balaban J connectivity index is 1.70. The van der Waals surface area contributed by atoms with Crippen molar-refractivity contribution in [2.75, 3.05) is 33.5 Å². The maximum absolute atomic E-state index is 12.8. The molecule has 2 atom stereocenters. The third-order valence-corrected chi connectivity index (χ3v) is 6.97. The van der Waals surface area contributed by atoms with Crippen LogP contribution in [0, 0.1) is 0 Å². The summed E-state index contributed by atoms with van der Waals surface area (Å²) in [5, 5.41) is 11.1. The van der Waals surface area contributed by atoms with Crippen LogP contribution < -0.4 is 18.9 Å². The molecular weight excluding hydrogens is 632 g/mol. The Bertz CT molecular complexity index is 1450. The average molecular weight is 675 g/mol. The summed E-state index contributed by atoms with van der Waals surface area (Å²) < 4.78 is 38.5. The van der Waals surface area contributed by atoms with Gasteiger partial charge in [0.1, 0.15) is 38.6 Å². The van der Waals surface area contributed by atoms with E-state index in [0.29, 0.717) is 34.1 Å². The van der Waals surface area contributed by atoms with Crippen LogP contribution in [0.2, 0.25) is 0 Å². The van der Waals surface area contributed by atoms with Crippen molar-refractivity contribution in [2.24, 2.45) is 0 Å². The lowest BCUT2D eigenvalue weighted by Crippen LogP contribution is -2.51. The minimum absolute atomic E-state index is 0.0439. The first kappa shape index (κ1) is 37.9. The maximum Gasteiger partial charge on any atom is 0.338 e. The van der Waals surface area contributed by atoms with Gasteiger partial charge in [-0.2, -0.15) is 0 Å². The molecule has 2 aromatic carbocycles. The minimum atomic E-state index is -2.05. The summed E-state index contributed by atoms with van der Waals surface area (Å²) in [5.74, 6) is -0.522. The number of methoxy groups -OCH3 is 1. The van der Waals surface area contributed by atoms with Gasteiger partial charge >= 0.3 is 17.9 Å². The number of benzene rings is 2. The molecule has 1 aliphatic carbocycles. The topological polar surface area (TPSA) is 136 Å². The molecule has 0 spiro atoms. The van der Waals surface area contributed by atoms with Crippen molar-refractivity contribution in [2.45, 2.75) is 37.1 Å². The van der Waals surface area contributed by atoms with Gasteiger partial charge in [-0.25, -0.2) is 14.4 Å². The van der Waals surface area contributed by atoms with Crippen molar-refractivity contribution in [1.29, 1.82) is 0 Å². The van der Waals surface area contributed by atoms with Crippen LogP contribution in [0.1, 0.15) is 30.4 Å². The van der Waals surface area contributed by atoms with E-state index in [1.165, 1.54) is 24.3 Å². The molecule has 0 heterocycles. The van der Waals surface area contributed by atoms with Crippen molar-refractivity contribution in [1.82, 2.24) is 0 Å². The number of hydrogen-bond donors (Lipinski definition) is 1. The largest absolute Gasteiger partial charge is 0.486 e. The zero-order chi connectivity index (χ0) is 35.6. The molecule has 260 valence electrons. The summed E-state index contributed by atoms with van der Waals surface area (Å²) in [5.41, 5.74) is -0.810. The molecule has 1 N–H and O–H groups in total. The second kappa shape index (κ2) is 19.3. The fraction of sp³-hybridized carbons (Fsp3) is 0.289. The molecule has 0 radical (unpaired) electrons. The number of hydrogen-bond acceptors (Lipinski definition) is 11. The van der Waals surface area contributed by atoms with E-state index in [-0.39, 0.29) is 45.7 Å². The van der Waals surface area contributed by atoms with E-state index in [1.54, 1.807) is 60.7 Å². The zero-order valence-electron chi connectivity index (χ0n) is 27.5. The van der Waals surface area contributed by atoms with Gasteiger partial charge in [0.05, 0.1) is 7.11 Å². The molecule has 49 heavy (non-hydrogen) atoms. The van der Waals surface area contributed by atoms with Gasteiger partial charge in [0, 0.05) is 31.4 Å². The molecule has 1 fully saturated rings. The van der Waals surface area contributed by atoms with E-state index in [4.69, 9.17) is 33.2 Å². The molecule has 1 saturated carbocycles. The second-order valence-corrected chi connectivity index (χ2v) is 10.8. The van der Waals surface area contributed by atoms with Gasteiger partial charge in [0.25, 0.3) is 0 Å². The highest BCUT2D eigenvalue weighted by Gasteiger charge is 2.48. The summed E-state index contributed by atoms with van der Waals surface area (Å²) in [6, 6.07) is 10.2. The number of ether oxygens (including phenoxy) is 7. The van der Waals surface area contributed by atoms with Gasteiger partial charge < -0.3 is 38.3 Å². The van der Waals surface area contributed by atoms with Crippen LogP contribution in [0.25, 0.3) is 12.2 Å². The van der Waals surface area contributed by atoms with Gasteiger partial charge in [-0.15, -0.1) is 0 Å². The van der Waals surface area contributed by atoms with Crippen molar-refractivity contribution in [3.05, 3.63) is 110 Å². The number of aliphatic hydroxyl groups is 1. The fourth-order valence-corrected chi connectivity index (χ4v) is 4.88. The Kier molecular flexibility index (Phi) is 14.9. The van der Waals surface area contributed by atoms with Crippen LogP contribution in [0.15, 0.2) is 99.2 Å². The first-order valence-corrected chi connectivity index (χ1v) is 15.5. The van der Waals surface area contributed by atoms with E-state index in [9.17, 15) is 19.5 Å². The van der Waals surface area contributed by atoms with E-state index < -0.39 is 35.7 Å². The van der Waals surface area contributed by atoms with E-state index in [1.807, 2.05) is 0 Å². The van der Waals surface area contributed by atoms with Gasteiger partial charge in [-0.3, -0.25) is 0 Å². The quantitative estimate of drug-likeness (QED) is 0.0865. The lowest BCUT2D eigenvalue weighted by atomic mass is 9.81. The fourth-order valence-electron chi connectivity index (χ4n) is 4.88. The Labute approximate surface area is 286 Å². The first-order valence-electron chi connectivity index (χ1n) is 15.5. The predicted octanol–water partition coefficient (Wildman–Crippen LogP) is 5.58. The molecule has 0 aliphatic heterocycles. The van der Waals surface area contributed by atoms with Gasteiger partial charge in [0.15, 0.2) is 28.6 Å². The Hall–Kier alpha value is -5.55. The minimum Gasteiger partial charge on any atom is -0.486 e. The summed E-state index contributed by atoms with van der Waals surface area (Å²) >= 11 is 0. The normalized spacial score (nSPS) is 18.6. The number of carbonyl (C=O) groups is 3. The SMILES string of the molecule is C=CCOc1ccc(/C=C/C(=O)O[C@H]2C[C@H](OC(=O)/C=C/c3ccc(OCC=C)c(OCC=C)c3)CC(O)(C(=O)OC)C2)cc1OCC=C. The molecule has 0 bridgehead atoms. The van der Waals surface area contributed by atoms with Crippen molar-refractivity contribution in [3.8, 4) is 23.0 Å². The van der Waals surface area contributed by atoms with Gasteiger partial charge in [-0.1, -0.05) is 62.8 Å². The lowest BCUT2D eigenvalue weighted by molar-refractivity contribution is -0.185. The molecule has 0 unspecified atom stereocenters. The average Bonchev–Trinajstić information content (AvgIpc) is 3.09. The molecule has 2 aromatic rings. The summed E-state index contributed by atoms with van der Waals surface area (Å²) in [4.78, 5) is 38.2. The first-order chi connectivity index (χ1) is 23.6. The number of esters is 3. The Morgan fingerprint density at radius 2 is 1.08 bits per heavy atom. The summed E-state index contributed by atoms with van der Waals surface area (Å²) in [7, 11) is 1.13. The van der Waals surface area contributed by atoms with Crippen LogP contribution in [0.5, 0.6) is 23.0 Å². The standard InChI is InChI=1S/C38H42O11/c1-6-18-44-31-14-10-27(22-33(31)46-20-8-3)12-16-35(39)48-29-24-30(26-38(42,25-29)37(41)43-5)49-36(40)17-13-28-11-15-32(45-19-7-2)34(23-28)47-21-9-4/h6-17,22-23,29-30,42H,1-4,18-21,24-26H2,5H3/b16-12+,17-13+/t29-,30-/m0/s1. The van der Waals surface area contributed by atoms with Crippen molar-refractivity contribution >= 4 is 30.1 Å². The molecule has 0 aromatic heterocycles. The molecule has 3 rings (SSSR count). The second-order valence-electron chi connectivity index (χ2n) is 10.8. The third kappa shape index (κ3) is 11.9. The van der Waals surface area contributed by atoms with E-state index in [2.05, 4.69) is 26.3 Å². The molecule has 0 amide bonds. The Morgan fingerprint density at radius 3 is 1.45 bits per heavy atom. The van der Waals surface area contributed by atoms with Crippen LogP contribution in [-0.2, 0) is 28.6 Å². The van der Waals surface area contributed by atoms with Crippen LogP contribution in [0.4, 0.5) is 0 Å². The monoisotopic (exact) mass is 674 g/mol. The smallest absolute Gasteiger partial charge is 0.338 e. The number of rotatable bonds is 19. The van der Waals surface area contributed by atoms with E-state index >= 15 is 0 Å². The molecular formula is C38H42O11. The van der Waals surface area contributed by atoms with Crippen molar-refractivity contribution in [3.63, 3.8) is 0 Å². The molecule has 11 heteroatoms. The molecule has 1 aliphatic rings. The summed E-state index contributed by atoms with van der Waals surface area (Å²) in [6.07, 6.45) is 9.46. The van der Waals surface area contributed by atoms with Crippen LogP contribution in [0.3, 0.4) is 0 Å². The van der Waals surface area contributed by atoms with Gasteiger partial charge in [0.2, 0.25) is 0 Å². The van der Waals surface area contributed by atoms with Crippen LogP contribution >= 0.6 is 0 Å². The summed E-state index contributed by atoms with van der Waals surface area (Å²) in [6.45, 7) is 15.6. The molecule has 11 nitrogen and oxygen atoms in total. The predicted molar refractivity (Wildman–Crippen MR) is 184 cm³/mol. The van der Waals surface area contributed by atoms with Crippen molar-refractivity contribution < 1.29 is 52.6 Å².